The van der Waals surface area contributed by atoms with Crippen molar-refractivity contribution in [2.45, 2.75) is 32.2 Å². The normalized spacial score (nSPS) is 15.2. The fourth-order valence-corrected chi connectivity index (χ4v) is 2.25. The number of nitrogens with one attached hydrogen (secondary N) is 1. The number of rotatable bonds is 7. The number of imidazole rings is 1. The largest absolute Gasteiger partial charge is 0.343 e. The molecular weight excluding hydrogens is 228 g/mol. The minimum atomic E-state index is 0.301. The zero-order valence-corrected chi connectivity index (χ0v) is 10.8. The summed E-state index contributed by atoms with van der Waals surface area (Å²) in [4.78, 5) is 17.7. The summed E-state index contributed by atoms with van der Waals surface area (Å²) in [6.45, 7) is 4.64. The van der Waals surface area contributed by atoms with Crippen molar-refractivity contribution in [2.24, 2.45) is 0 Å². The lowest BCUT2D eigenvalue weighted by Crippen LogP contribution is -2.31. The van der Waals surface area contributed by atoms with Crippen molar-refractivity contribution in [3.8, 4) is 0 Å². The third-order valence-electron chi connectivity index (χ3n) is 3.30. The first-order valence-electron chi connectivity index (χ1n) is 6.80. The standard InChI is InChI=1S/C13H22N4O/c18-13(17-9-1-2-10-17)4-6-14-5-3-8-16-11-7-15-12-16/h7,11-12,14H,1-6,8-10H2. The van der Waals surface area contributed by atoms with Crippen molar-refractivity contribution in [3.63, 3.8) is 0 Å². The average Bonchev–Trinajstić information content (AvgIpc) is 3.05. The van der Waals surface area contributed by atoms with E-state index in [2.05, 4.69) is 14.9 Å². The van der Waals surface area contributed by atoms with Gasteiger partial charge in [-0.1, -0.05) is 0 Å². The van der Waals surface area contributed by atoms with E-state index in [9.17, 15) is 4.79 Å². The highest BCUT2D eigenvalue weighted by atomic mass is 16.2. The van der Waals surface area contributed by atoms with Gasteiger partial charge in [0, 0.05) is 45.0 Å². The van der Waals surface area contributed by atoms with Gasteiger partial charge in [-0.2, -0.15) is 0 Å². The molecule has 5 nitrogen and oxygen atoms in total. The van der Waals surface area contributed by atoms with Gasteiger partial charge in [-0.15, -0.1) is 0 Å². The molecule has 2 heterocycles. The van der Waals surface area contributed by atoms with Gasteiger partial charge in [-0.25, -0.2) is 4.98 Å². The molecule has 2 rings (SSSR count). The van der Waals surface area contributed by atoms with Crippen molar-refractivity contribution in [1.29, 1.82) is 0 Å². The quantitative estimate of drug-likeness (QED) is 0.731. The Labute approximate surface area is 108 Å². The Morgan fingerprint density at radius 2 is 2.11 bits per heavy atom. The molecule has 5 heteroatoms. The molecular formula is C13H22N4O. The molecule has 0 aliphatic carbocycles. The van der Waals surface area contributed by atoms with Gasteiger partial charge in [-0.3, -0.25) is 4.79 Å². The summed E-state index contributed by atoms with van der Waals surface area (Å²) in [6, 6.07) is 0. The predicted molar refractivity (Wildman–Crippen MR) is 70.1 cm³/mol. The molecule has 0 aromatic carbocycles. The molecule has 0 atom stereocenters. The van der Waals surface area contributed by atoms with Crippen LogP contribution in [-0.4, -0.2) is 46.5 Å². The van der Waals surface area contributed by atoms with E-state index >= 15 is 0 Å². The predicted octanol–water partition coefficient (Wildman–Crippen LogP) is 0.875. The van der Waals surface area contributed by atoms with E-state index in [-0.39, 0.29) is 0 Å². The zero-order valence-electron chi connectivity index (χ0n) is 10.8. The lowest BCUT2D eigenvalue weighted by atomic mass is 10.3. The molecule has 1 aromatic rings. The Morgan fingerprint density at radius 3 is 2.83 bits per heavy atom. The van der Waals surface area contributed by atoms with Gasteiger partial charge in [0.2, 0.25) is 5.91 Å². The van der Waals surface area contributed by atoms with Crippen LogP contribution in [0, 0.1) is 0 Å². The van der Waals surface area contributed by atoms with Crippen LogP contribution in [-0.2, 0) is 11.3 Å². The van der Waals surface area contributed by atoms with Crippen molar-refractivity contribution >= 4 is 5.91 Å². The molecule has 0 spiro atoms. The van der Waals surface area contributed by atoms with E-state index in [1.54, 1.807) is 6.20 Å². The number of carbonyl (C=O) groups excluding carboxylic acids is 1. The van der Waals surface area contributed by atoms with Crippen LogP contribution in [0.15, 0.2) is 18.7 Å². The molecule has 18 heavy (non-hydrogen) atoms. The number of hydrogen-bond donors (Lipinski definition) is 1. The van der Waals surface area contributed by atoms with Crippen LogP contribution in [0.3, 0.4) is 0 Å². The van der Waals surface area contributed by atoms with Crippen LogP contribution >= 0.6 is 0 Å². The van der Waals surface area contributed by atoms with E-state index in [1.807, 2.05) is 17.4 Å². The molecule has 1 amide bonds. The minimum absolute atomic E-state index is 0.301. The van der Waals surface area contributed by atoms with Gasteiger partial charge < -0.3 is 14.8 Å². The Balaban J connectivity index is 1.47. The smallest absolute Gasteiger partial charge is 0.223 e. The van der Waals surface area contributed by atoms with Crippen LogP contribution in [0.25, 0.3) is 0 Å². The molecule has 0 saturated carbocycles. The summed E-state index contributed by atoms with van der Waals surface area (Å²) in [5.41, 5.74) is 0. The number of likely N-dealkylation sites (tertiary alicyclic amines) is 1. The van der Waals surface area contributed by atoms with Crippen LogP contribution in [0.5, 0.6) is 0 Å². The van der Waals surface area contributed by atoms with Crippen molar-refractivity contribution in [2.75, 3.05) is 26.2 Å². The average molecular weight is 250 g/mol. The SMILES string of the molecule is O=C(CCNCCCn1ccnc1)N1CCCC1. The van der Waals surface area contributed by atoms with E-state index in [0.717, 1.165) is 39.1 Å². The van der Waals surface area contributed by atoms with E-state index in [4.69, 9.17) is 0 Å². The summed E-state index contributed by atoms with van der Waals surface area (Å²) in [6.07, 6.45) is 9.63. The van der Waals surface area contributed by atoms with Gasteiger partial charge in [0.1, 0.15) is 0 Å². The molecule has 1 aliphatic heterocycles. The van der Waals surface area contributed by atoms with E-state index in [1.165, 1.54) is 12.8 Å². The fourth-order valence-electron chi connectivity index (χ4n) is 2.25. The molecule has 1 N–H and O–H groups in total. The second-order valence-corrected chi connectivity index (χ2v) is 4.74. The monoisotopic (exact) mass is 250 g/mol. The first kappa shape index (κ1) is 13.1. The van der Waals surface area contributed by atoms with Gasteiger partial charge >= 0.3 is 0 Å². The van der Waals surface area contributed by atoms with Crippen molar-refractivity contribution in [1.82, 2.24) is 19.8 Å². The zero-order chi connectivity index (χ0) is 12.6. The minimum Gasteiger partial charge on any atom is -0.343 e. The van der Waals surface area contributed by atoms with Crippen LogP contribution in [0.4, 0.5) is 0 Å². The van der Waals surface area contributed by atoms with Crippen LogP contribution in [0.2, 0.25) is 0 Å². The third-order valence-corrected chi connectivity index (χ3v) is 3.30. The second kappa shape index (κ2) is 7.16. The Kier molecular flexibility index (Phi) is 5.20. The lowest BCUT2D eigenvalue weighted by molar-refractivity contribution is -0.130. The maximum atomic E-state index is 11.7. The van der Waals surface area contributed by atoms with Gasteiger partial charge in [-0.05, 0) is 25.8 Å². The number of carbonyl (C=O) groups is 1. The summed E-state index contributed by atoms with van der Waals surface area (Å²) in [5, 5.41) is 3.32. The highest BCUT2D eigenvalue weighted by Crippen LogP contribution is 2.08. The fraction of sp³-hybridized carbons (Fsp3) is 0.692. The Hall–Kier alpha value is -1.36. The van der Waals surface area contributed by atoms with Gasteiger partial charge in [0.25, 0.3) is 0 Å². The summed E-state index contributed by atoms with van der Waals surface area (Å²) in [5.74, 6) is 0.301. The van der Waals surface area contributed by atoms with Gasteiger partial charge in [0.05, 0.1) is 6.33 Å². The molecule has 0 bridgehead atoms. The highest BCUT2D eigenvalue weighted by Gasteiger charge is 2.16. The maximum absolute atomic E-state index is 11.7. The molecule has 1 fully saturated rings. The third kappa shape index (κ3) is 4.14. The van der Waals surface area contributed by atoms with Crippen molar-refractivity contribution < 1.29 is 4.79 Å². The topological polar surface area (TPSA) is 50.2 Å². The van der Waals surface area contributed by atoms with Gasteiger partial charge in [0.15, 0.2) is 0 Å². The molecule has 100 valence electrons. The Bertz CT molecular complexity index is 344. The van der Waals surface area contributed by atoms with E-state index < -0.39 is 0 Å². The first-order valence-corrected chi connectivity index (χ1v) is 6.80. The van der Waals surface area contributed by atoms with Crippen LogP contribution < -0.4 is 5.32 Å². The maximum Gasteiger partial charge on any atom is 0.223 e. The summed E-state index contributed by atoms with van der Waals surface area (Å²) in [7, 11) is 0. The molecule has 1 aliphatic rings. The summed E-state index contributed by atoms with van der Waals surface area (Å²) >= 11 is 0. The highest BCUT2D eigenvalue weighted by molar-refractivity contribution is 5.76. The number of amides is 1. The second-order valence-electron chi connectivity index (χ2n) is 4.74. The molecule has 1 saturated heterocycles. The molecule has 1 aromatic heterocycles. The lowest BCUT2D eigenvalue weighted by Gasteiger charge is -2.15. The summed E-state index contributed by atoms with van der Waals surface area (Å²) < 4.78 is 2.07. The van der Waals surface area contributed by atoms with Crippen molar-refractivity contribution in [3.05, 3.63) is 18.7 Å². The number of nitrogens with zero attached hydrogens (tertiary/aromatic N) is 3. The number of aromatic nitrogens is 2. The Morgan fingerprint density at radius 1 is 1.28 bits per heavy atom. The number of aryl methyl sites for hydroxylation is 1. The molecule has 0 unspecified atom stereocenters. The first-order chi connectivity index (χ1) is 8.86. The molecule has 0 radical (unpaired) electrons. The van der Waals surface area contributed by atoms with E-state index in [0.29, 0.717) is 12.3 Å². The van der Waals surface area contributed by atoms with Crippen LogP contribution in [0.1, 0.15) is 25.7 Å². The number of hydrogen-bond acceptors (Lipinski definition) is 3.